The first-order chi connectivity index (χ1) is 8.13. The van der Waals surface area contributed by atoms with Gasteiger partial charge in [0.2, 0.25) is 0 Å². The third kappa shape index (κ3) is 6.53. The first-order valence-electron chi connectivity index (χ1n) is 6.09. The Kier molecular flexibility index (Phi) is 9.35. The SMILES string of the molecule is CCCCNC(N)=NCC(C)c1ncc(C)s1.I. The van der Waals surface area contributed by atoms with Gasteiger partial charge >= 0.3 is 0 Å². The van der Waals surface area contributed by atoms with Gasteiger partial charge in [0.05, 0.1) is 11.6 Å². The Hall–Kier alpha value is -0.370. The first kappa shape index (κ1) is 17.6. The summed E-state index contributed by atoms with van der Waals surface area (Å²) in [6, 6.07) is 0. The number of thiazole rings is 1. The van der Waals surface area contributed by atoms with Crippen molar-refractivity contribution < 1.29 is 0 Å². The summed E-state index contributed by atoms with van der Waals surface area (Å²) < 4.78 is 0. The van der Waals surface area contributed by atoms with Crippen molar-refractivity contribution in [1.82, 2.24) is 10.3 Å². The number of aliphatic imine (C=N–C) groups is 1. The number of nitrogens with two attached hydrogens (primary N) is 1. The molecular weight excluding hydrogens is 359 g/mol. The lowest BCUT2D eigenvalue weighted by atomic mass is 10.2. The van der Waals surface area contributed by atoms with E-state index in [-0.39, 0.29) is 24.0 Å². The molecule has 1 unspecified atom stereocenters. The van der Waals surface area contributed by atoms with Gasteiger partial charge in [-0.3, -0.25) is 4.99 Å². The standard InChI is InChI=1S/C12H22N4S.HI/c1-4-5-6-14-12(13)16-7-9(2)11-15-8-10(3)17-11;/h8-9H,4-7H2,1-3H3,(H3,13,14,16);1H. The molecule has 0 aliphatic heterocycles. The summed E-state index contributed by atoms with van der Waals surface area (Å²) in [7, 11) is 0. The fraction of sp³-hybridized carbons (Fsp3) is 0.667. The molecule has 104 valence electrons. The third-order valence-corrected chi connectivity index (χ3v) is 3.58. The highest BCUT2D eigenvalue weighted by atomic mass is 127. The summed E-state index contributed by atoms with van der Waals surface area (Å²) in [5.74, 6) is 0.874. The maximum atomic E-state index is 5.77. The lowest BCUT2D eigenvalue weighted by Crippen LogP contribution is -2.32. The summed E-state index contributed by atoms with van der Waals surface area (Å²) in [5, 5.41) is 4.24. The van der Waals surface area contributed by atoms with Crippen LogP contribution in [0.4, 0.5) is 0 Å². The van der Waals surface area contributed by atoms with E-state index in [2.05, 4.69) is 36.1 Å². The van der Waals surface area contributed by atoms with Gasteiger partial charge in [0.1, 0.15) is 0 Å². The highest BCUT2D eigenvalue weighted by Gasteiger charge is 2.08. The van der Waals surface area contributed by atoms with Crippen molar-refractivity contribution in [2.75, 3.05) is 13.1 Å². The van der Waals surface area contributed by atoms with E-state index in [1.54, 1.807) is 11.3 Å². The van der Waals surface area contributed by atoms with Crippen LogP contribution in [0.5, 0.6) is 0 Å². The van der Waals surface area contributed by atoms with E-state index in [9.17, 15) is 0 Å². The van der Waals surface area contributed by atoms with Crippen molar-refractivity contribution in [3.63, 3.8) is 0 Å². The largest absolute Gasteiger partial charge is 0.370 e. The number of hydrogen-bond donors (Lipinski definition) is 2. The molecule has 0 aliphatic carbocycles. The van der Waals surface area contributed by atoms with Crippen LogP contribution in [0.15, 0.2) is 11.2 Å². The molecule has 1 heterocycles. The Morgan fingerprint density at radius 1 is 1.61 bits per heavy atom. The molecule has 1 aromatic heterocycles. The maximum absolute atomic E-state index is 5.77. The molecule has 0 spiro atoms. The number of aromatic nitrogens is 1. The summed E-state index contributed by atoms with van der Waals surface area (Å²) in [6.07, 6.45) is 4.19. The number of unbranched alkanes of at least 4 members (excludes halogenated alkanes) is 1. The summed E-state index contributed by atoms with van der Waals surface area (Å²) >= 11 is 1.73. The number of rotatable bonds is 6. The van der Waals surface area contributed by atoms with Gasteiger partial charge in [-0.15, -0.1) is 35.3 Å². The molecule has 4 nitrogen and oxygen atoms in total. The van der Waals surface area contributed by atoms with E-state index in [0.29, 0.717) is 18.4 Å². The molecule has 3 N–H and O–H groups in total. The molecule has 0 saturated carbocycles. The fourth-order valence-electron chi connectivity index (χ4n) is 1.36. The van der Waals surface area contributed by atoms with E-state index in [4.69, 9.17) is 5.73 Å². The van der Waals surface area contributed by atoms with Crippen molar-refractivity contribution in [1.29, 1.82) is 0 Å². The van der Waals surface area contributed by atoms with Gasteiger partial charge in [-0.05, 0) is 13.3 Å². The molecule has 0 aromatic carbocycles. The number of nitrogens with one attached hydrogen (secondary N) is 1. The van der Waals surface area contributed by atoms with Crippen molar-refractivity contribution in [3.8, 4) is 0 Å². The molecule has 0 aliphatic rings. The molecule has 0 radical (unpaired) electrons. The highest BCUT2D eigenvalue weighted by Crippen LogP contribution is 2.20. The molecule has 1 aromatic rings. The molecule has 6 heteroatoms. The maximum Gasteiger partial charge on any atom is 0.188 e. The monoisotopic (exact) mass is 382 g/mol. The first-order valence-corrected chi connectivity index (χ1v) is 6.91. The van der Waals surface area contributed by atoms with E-state index < -0.39 is 0 Å². The Bertz CT molecular complexity index is 365. The number of guanidine groups is 1. The van der Waals surface area contributed by atoms with Crippen LogP contribution in [-0.2, 0) is 0 Å². The predicted molar refractivity (Wildman–Crippen MR) is 90.1 cm³/mol. The van der Waals surface area contributed by atoms with Gasteiger partial charge in [0.25, 0.3) is 0 Å². The lowest BCUT2D eigenvalue weighted by Gasteiger charge is -2.07. The van der Waals surface area contributed by atoms with Crippen molar-refractivity contribution >= 4 is 41.3 Å². The molecular formula is C12H23IN4S. The number of halogens is 1. The molecule has 0 amide bonds. The normalized spacial score (nSPS) is 12.9. The van der Waals surface area contributed by atoms with E-state index in [0.717, 1.165) is 24.4 Å². The van der Waals surface area contributed by atoms with Crippen molar-refractivity contribution in [2.45, 2.75) is 39.5 Å². The van der Waals surface area contributed by atoms with Crippen LogP contribution in [0.2, 0.25) is 0 Å². The minimum atomic E-state index is 0. The summed E-state index contributed by atoms with van der Waals surface area (Å²) in [4.78, 5) is 9.93. The summed E-state index contributed by atoms with van der Waals surface area (Å²) in [5.41, 5.74) is 5.77. The predicted octanol–water partition coefficient (Wildman–Crippen LogP) is 2.88. The van der Waals surface area contributed by atoms with Crippen LogP contribution in [-0.4, -0.2) is 24.0 Å². The van der Waals surface area contributed by atoms with E-state index in [1.165, 1.54) is 4.88 Å². The minimum Gasteiger partial charge on any atom is -0.370 e. The molecule has 18 heavy (non-hydrogen) atoms. The van der Waals surface area contributed by atoms with Crippen LogP contribution >= 0.6 is 35.3 Å². The van der Waals surface area contributed by atoms with Gasteiger partial charge in [0, 0.05) is 23.5 Å². The highest BCUT2D eigenvalue weighted by molar-refractivity contribution is 14.0. The Labute approximate surface area is 131 Å². The average Bonchev–Trinajstić information content (AvgIpc) is 2.73. The van der Waals surface area contributed by atoms with Crippen LogP contribution in [0.3, 0.4) is 0 Å². The van der Waals surface area contributed by atoms with E-state index in [1.807, 2.05) is 6.20 Å². The van der Waals surface area contributed by atoms with Crippen LogP contribution in [0, 0.1) is 6.92 Å². The van der Waals surface area contributed by atoms with E-state index >= 15 is 0 Å². The van der Waals surface area contributed by atoms with Crippen molar-refractivity contribution in [2.24, 2.45) is 10.7 Å². The zero-order valence-corrected chi connectivity index (χ0v) is 14.4. The van der Waals surface area contributed by atoms with Gasteiger partial charge < -0.3 is 11.1 Å². The second-order valence-corrected chi connectivity index (χ2v) is 5.48. The molecule has 0 fully saturated rings. The topological polar surface area (TPSA) is 63.3 Å². The average molecular weight is 382 g/mol. The number of hydrogen-bond acceptors (Lipinski definition) is 3. The van der Waals surface area contributed by atoms with Gasteiger partial charge in [0.15, 0.2) is 5.96 Å². The Morgan fingerprint density at radius 2 is 2.33 bits per heavy atom. The van der Waals surface area contributed by atoms with Crippen LogP contribution < -0.4 is 11.1 Å². The van der Waals surface area contributed by atoms with Gasteiger partial charge in [-0.2, -0.15) is 0 Å². The number of nitrogens with zero attached hydrogens (tertiary/aromatic N) is 2. The quantitative estimate of drug-likeness (QED) is 0.344. The Morgan fingerprint density at radius 3 is 2.89 bits per heavy atom. The molecule has 0 saturated heterocycles. The second kappa shape index (κ2) is 9.55. The van der Waals surface area contributed by atoms with Gasteiger partial charge in [-0.25, -0.2) is 4.98 Å². The third-order valence-electron chi connectivity index (χ3n) is 2.43. The van der Waals surface area contributed by atoms with Crippen LogP contribution in [0.1, 0.15) is 42.5 Å². The molecule has 1 atom stereocenters. The summed E-state index contributed by atoms with van der Waals surface area (Å²) in [6.45, 7) is 7.94. The van der Waals surface area contributed by atoms with Crippen molar-refractivity contribution in [3.05, 3.63) is 16.1 Å². The smallest absolute Gasteiger partial charge is 0.188 e. The zero-order chi connectivity index (χ0) is 12.7. The zero-order valence-electron chi connectivity index (χ0n) is 11.3. The Balaban J connectivity index is 0.00000289. The second-order valence-electron chi connectivity index (χ2n) is 4.22. The van der Waals surface area contributed by atoms with Gasteiger partial charge in [-0.1, -0.05) is 20.3 Å². The van der Waals surface area contributed by atoms with Crippen LogP contribution in [0.25, 0.3) is 0 Å². The molecule has 1 rings (SSSR count). The molecule has 0 bridgehead atoms. The lowest BCUT2D eigenvalue weighted by molar-refractivity contribution is 0.732. The number of aryl methyl sites for hydroxylation is 1. The minimum absolute atomic E-state index is 0. The fourth-order valence-corrected chi connectivity index (χ4v) is 2.18.